The summed E-state index contributed by atoms with van der Waals surface area (Å²) in [5, 5.41) is 0.499. The lowest BCUT2D eigenvalue weighted by Crippen LogP contribution is -2.17. The third-order valence-electron chi connectivity index (χ3n) is 2.98. The fourth-order valence-corrected chi connectivity index (χ4v) is 3.14. The molecule has 0 aliphatic rings. The molecule has 24 heavy (non-hydrogen) atoms. The Morgan fingerprint density at radius 1 is 1.17 bits per heavy atom. The average molecular weight is 376 g/mol. The summed E-state index contributed by atoms with van der Waals surface area (Å²) >= 11 is 4.26. The topological polar surface area (TPSA) is 58.3 Å². The Balaban J connectivity index is 1.72. The Bertz CT molecular complexity index is 851. The van der Waals surface area contributed by atoms with E-state index in [0.717, 1.165) is 12.1 Å². The van der Waals surface area contributed by atoms with Crippen molar-refractivity contribution in [3.05, 3.63) is 53.1 Å². The number of nitrogens with zero attached hydrogens (tertiary/aromatic N) is 1. The molecule has 0 saturated carbocycles. The summed E-state index contributed by atoms with van der Waals surface area (Å²) < 4.78 is 57.8. The maximum atomic E-state index is 12.3. The molecule has 3 aromatic rings. The maximum Gasteiger partial charge on any atom is 0.573 e. The molecule has 1 atom stereocenters. The minimum absolute atomic E-state index is 0.0304. The second kappa shape index (κ2) is 6.54. The Morgan fingerprint density at radius 3 is 2.54 bits per heavy atom. The number of halogens is 4. The van der Waals surface area contributed by atoms with E-state index in [9.17, 15) is 17.7 Å². The molecule has 0 aliphatic heterocycles. The molecular formula is C15H9ClF3NO3S. The van der Waals surface area contributed by atoms with Gasteiger partial charge >= 0.3 is 11.6 Å². The lowest BCUT2D eigenvalue weighted by Gasteiger charge is -2.09. The zero-order valence-corrected chi connectivity index (χ0v) is 13.4. The highest BCUT2D eigenvalue weighted by Gasteiger charge is 2.31. The van der Waals surface area contributed by atoms with E-state index in [1.165, 1.54) is 12.1 Å². The van der Waals surface area contributed by atoms with E-state index in [1.807, 2.05) is 0 Å². The number of hydrogen-bond donors (Lipinski definition) is 0. The van der Waals surface area contributed by atoms with Gasteiger partial charge in [0.2, 0.25) is 0 Å². The molecule has 0 amide bonds. The molecule has 3 rings (SSSR count). The molecule has 1 heterocycles. The minimum atomic E-state index is -4.75. The Labute approximate surface area is 142 Å². The molecule has 4 nitrogen and oxygen atoms in total. The number of oxazole rings is 1. The first kappa shape index (κ1) is 16.9. The van der Waals surface area contributed by atoms with Crippen molar-refractivity contribution < 1.29 is 26.9 Å². The van der Waals surface area contributed by atoms with Crippen LogP contribution in [0.2, 0.25) is 5.02 Å². The largest absolute Gasteiger partial charge is 0.607 e. The Morgan fingerprint density at radius 2 is 1.88 bits per heavy atom. The zero-order valence-electron chi connectivity index (χ0n) is 11.8. The van der Waals surface area contributed by atoms with Crippen LogP contribution in [0.3, 0.4) is 0 Å². The highest BCUT2D eigenvalue weighted by Crippen LogP contribution is 2.26. The number of rotatable bonds is 4. The van der Waals surface area contributed by atoms with Crippen molar-refractivity contribution in [1.82, 2.24) is 4.98 Å². The molecule has 0 radical (unpaired) electrons. The van der Waals surface area contributed by atoms with Crippen molar-refractivity contribution in [2.45, 2.75) is 17.3 Å². The van der Waals surface area contributed by atoms with Gasteiger partial charge in [-0.3, -0.25) is 0 Å². The van der Waals surface area contributed by atoms with Gasteiger partial charge in [-0.2, -0.15) is 4.98 Å². The van der Waals surface area contributed by atoms with E-state index < -0.39 is 17.5 Å². The fourth-order valence-electron chi connectivity index (χ4n) is 1.98. The summed E-state index contributed by atoms with van der Waals surface area (Å²) in [7, 11) is 0. The maximum absolute atomic E-state index is 12.3. The van der Waals surface area contributed by atoms with Gasteiger partial charge in [0.15, 0.2) is 5.58 Å². The van der Waals surface area contributed by atoms with Crippen LogP contribution in [-0.2, 0) is 16.9 Å². The lowest BCUT2D eigenvalue weighted by molar-refractivity contribution is -0.274. The molecule has 0 fully saturated rings. The zero-order chi connectivity index (χ0) is 17.3. The number of aromatic nitrogens is 1. The molecule has 9 heteroatoms. The van der Waals surface area contributed by atoms with Gasteiger partial charge in [0, 0.05) is 16.7 Å². The van der Waals surface area contributed by atoms with Gasteiger partial charge in [0.05, 0.1) is 11.2 Å². The standard InChI is InChI=1S/C15H9ClF3NO3S/c16-10-3-6-12-13(7-10)22-14(20-12)24(21)8-9-1-4-11(5-2-9)23-15(17,18)19/h1-7H,8H2. The summed E-state index contributed by atoms with van der Waals surface area (Å²) in [5.74, 6) is -0.291. The SMILES string of the molecule is [O-][S+](Cc1ccc(OC(F)(F)F)cc1)c1nc2ccc(Cl)cc2o1. The van der Waals surface area contributed by atoms with E-state index >= 15 is 0 Å². The first-order valence-electron chi connectivity index (χ1n) is 6.59. The minimum Gasteiger partial charge on any atom is -0.607 e. The highest BCUT2D eigenvalue weighted by atomic mass is 35.5. The van der Waals surface area contributed by atoms with Crippen molar-refractivity contribution >= 4 is 33.9 Å². The molecule has 0 aliphatic carbocycles. The van der Waals surface area contributed by atoms with Crippen LogP contribution in [0.5, 0.6) is 5.75 Å². The van der Waals surface area contributed by atoms with Gasteiger partial charge in [-0.05, 0) is 24.3 Å². The lowest BCUT2D eigenvalue weighted by atomic mass is 10.2. The van der Waals surface area contributed by atoms with Gasteiger partial charge in [-0.15, -0.1) is 13.2 Å². The second-order valence-electron chi connectivity index (χ2n) is 4.77. The molecule has 126 valence electrons. The predicted molar refractivity (Wildman–Crippen MR) is 82.3 cm³/mol. The van der Waals surface area contributed by atoms with Gasteiger partial charge in [-0.1, -0.05) is 23.7 Å². The molecule has 0 bridgehead atoms. The smallest absolute Gasteiger partial charge is 0.573 e. The molecule has 0 N–H and O–H groups in total. The monoisotopic (exact) mass is 375 g/mol. The Hall–Kier alpha value is -1.90. The van der Waals surface area contributed by atoms with E-state index in [0.29, 0.717) is 21.7 Å². The van der Waals surface area contributed by atoms with E-state index in [-0.39, 0.29) is 16.7 Å². The quantitative estimate of drug-likeness (QED) is 0.621. The first-order chi connectivity index (χ1) is 11.3. The number of hydrogen-bond acceptors (Lipinski definition) is 4. The first-order valence-corrected chi connectivity index (χ1v) is 8.29. The van der Waals surface area contributed by atoms with Crippen LogP contribution in [0.4, 0.5) is 13.2 Å². The van der Waals surface area contributed by atoms with E-state index in [2.05, 4.69) is 9.72 Å². The summed E-state index contributed by atoms with van der Waals surface area (Å²) in [6, 6.07) is 9.96. The third kappa shape index (κ3) is 4.14. The average Bonchev–Trinajstić information content (AvgIpc) is 2.91. The van der Waals surface area contributed by atoms with Crippen molar-refractivity contribution in [2.24, 2.45) is 0 Å². The molecule has 0 spiro atoms. The van der Waals surface area contributed by atoms with Gasteiger partial charge in [0.25, 0.3) is 0 Å². The summed E-state index contributed by atoms with van der Waals surface area (Å²) in [5.41, 5.74) is 1.50. The molecule has 2 aromatic carbocycles. The fraction of sp³-hybridized carbons (Fsp3) is 0.133. The van der Waals surface area contributed by atoms with Crippen molar-refractivity contribution in [3.63, 3.8) is 0 Å². The Kier molecular flexibility index (Phi) is 4.62. The van der Waals surface area contributed by atoms with Crippen LogP contribution in [-0.4, -0.2) is 15.9 Å². The molecule has 1 unspecified atom stereocenters. The van der Waals surface area contributed by atoms with Crippen LogP contribution in [0.1, 0.15) is 5.56 Å². The third-order valence-corrected chi connectivity index (χ3v) is 4.38. The van der Waals surface area contributed by atoms with Crippen LogP contribution >= 0.6 is 11.6 Å². The number of benzene rings is 2. The molecule has 1 aromatic heterocycles. The van der Waals surface area contributed by atoms with Crippen molar-refractivity contribution in [2.75, 3.05) is 0 Å². The molecular weight excluding hydrogens is 367 g/mol. The predicted octanol–water partition coefficient (Wildman–Crippen LogP) is 4.69. The van der Waals surface area contributed by atoms with E-state index in [4.69, 9.17) is 16.0 Å². The number of alkyl halides is 3. The van der Waals surface area contributed by atoms with Crippen LogP contribution < -0.4 is 4.74 Å². The normalized spacial score (nSPS) is 13.2. The van der Waals surface area contributed by atoms with Crippen molar-refractivity contribution in [1.29, 1.82) is 0 Å². The van der Waals surface area contributed by atoms with Crippen LogP contribution in [0, 0.1) is 0 Å². The molecule has 0 saturated heterocycles. The van der Waals surface area contributed by atoms with Crippen LogP contribution in [0.25, 0.3) is 11.1 Å². The van der Waals surface area contributed by atoms with Gasteiger partial charge in [-0.25, -0.2) is 0 Å². The summed E-state index contributed by atoms with van der Waals surface area (Å²) in [6.07, 6.45) is -4.75. The summed E-state index contributed by atoms with van der Waals surface area (Å²) in [6.45, 7) is 0. The van der Waals surface area contributed by atoms with Crippen molar-refractivity contribution in [3.8, 4) is 5.75 Å². The van der Waals surface area contributed by atoms with E-state index in [1.54, 1.807) is 18.2 Å². The van der Waals surface area contributed by atoms with Crippen LogP contribution in [0.15, 0.2) is 52.1 Å². The van der Waals surface area contributed by atoms with Gasteiger partial charge in [0.1, 0.15) is 17.0 Å². The second-order valence-corrected chi connectivity index (χ2v) is 6.54. The summed E-state index contributed by atoms with van der Waals surface area (Å²) in [4.78, 5) is 4.12. The number of ether oxygens (including phenoxy) is 1. The highest BCUT2D eigenvalue weighted by molar-refractivity contribution is 7.90. The number of fused-ring (bicyclic) bond motifs is 1. The van der Waals surface area contributed by atoms with Gasteiger partial charge < -0.3 is 13.7 Å².